The molecule has 1 saturated carbocycles. The summed E-state index contributed by atoms with van der Waals surface area (Å²) in [4.78, 5) is 10.9. The lowest BCUT2D eigenvalue weighted by atomic mass is 9.93. The van der Waals surface area contributed by atoms with E-state index in [-0.39, 0.29) is 5.41 Å². The van der Waals surface area contributed by atoms with Gasteiger partial charge < -0.3 is 10.4 Å². The minimum atomic E-state index is -0.837. The molecule has 1 aliphatic heterocycles. The quantitative estimate of drug-likeness (QED) is 0.760. The SMILES string of the molecule is O=C(O)c1cccc(C23CNCC2C3)c1. The zero-order valence-corrected chi connectivity index (χ0v) is 8.36. The van der Waals surface area contributed by atoms with Crippen LogP contribution >= 0.6 is 0 Å². The molecule has 1 saturated heterocycles. The third-order valence-corrected chi connectivity index (χ3v) is 3.75. The molecule has 0 aromatic heterocycles. The number of hydrogen-bond donors (Lipinski definition) is 2. The van der Waals surface area contributed by atoms with Gasteiger partial charge >= 0.3 is 5.97 Å². The summed E-state index contributed by atoms with van der Waals surface area (Å²) in [6.45, 7) is 2.08. The summed E-state index contributed by atoms with van der Waals surface area (Å²) < 4.78 is 0. The first-order valence-electron chi connectivity index (χ1n) is 5.27. The van der Waals surface area contributed by atoms with Gasteiger partial charge in [-0.3, -0.25) is 0 Å². The predicted octanol–water partition coefficient (Wildman–Crippen LogP) is 1.25. The molecule has 15 heavy (non-hydrogen) atoms. The summed E-state index contributed by atoms with van der Waals surface area (Å²) in [5, 5.41) is 12.3. The Morgan fingerprint density at radius 2 is 2.40 bits per heavy atom. The van der Waals surface area contributed by atoms with Crippen molar-refractivity contribution in [2.45, 2.75) is 11.8 Å². The molecule has 0 spiro atoms. The number of carbonyl (C=O) groups is 1. The highest BCUT2D eigenvalue weighted by molar-refractivity contribution is 5.87. The number of nitrogens with one attached hydrogen (secondary N) is 1. The highest BCUT2D eigenvalue weighted by atomic mass is 16.4. The van der Waals surface area contributed by atoms with Crippen LogP contribution in [0.4, 0.5) is 0 Å². The van der Waals surface area contributed by atoms with Gasteiger partial charge in [-0.25, -0.2) is 4.79 Å². The Bertz CT molecular complexity index is 429. The number of rotatable bonds is 2. The normalized spacial score (nSPS) is 32.4. The van der Waals surface area contributed by atoms with Crippen molar-refractivity contribution < 1.29 is 9.90 Å². The Hall–Kier alpha value is -1.35. The third kappa shape index (κ3) is 1.20. The van der Waals surface area contributed by atoms with Gasteiger partial charge in [0, 0.05) is 12.0 Å². The van der Waals surface area contributed by atoms with E-state index in [2.05, 4.69) is 11.4 Å². The fraction of sp³-hybridized carbons (Fsp3) is 0.417. The second kappa shape index (κ2) is 2.83. The van der Waals surface area contributed by atoms with E-state index >= 15 is 0 Å². The molecule has 0 bridgehead atoms. The van der Waals surface area contributed by atoms with E-state index in [1.807, 2.05) is 12.1 Å². The maximum atomic E-state index is 10.9. The molecule has 3 rings (SSSR count). The molecule has 2 fully saturated rings. The standard InChI is InChI=1S/C12H13NO2/c14-11(15)8-2-1-3-9(4-8)12-5-10(12)6-13-7-12/h1-4,10,13H,5-7H2,(H,14,15). The first kappa shape index (κ1) is 8.92. The number of carboxylic acid groups (broad SMARTS) is 1. The molecule has 0 radical (unpaired) electrons. The Morgan fingerprint density at radius 1 is 1.53 bits per heavy atom. The second-order valence-corrected chi connectivity index (χ2v) is 4.57. The molecule has 1 aromatic rings. The zero-order valence-electron chi connectivity index (χ0n) is 8.36. The van der Waals surface area contributed by atoms with Crippen LogP contribution in [-0.4, -0.2) is 24.2 Å². The minimum absolute atomic E-state index is 0.255. The third-order valence-electron chi connectivity index (χ3n) is 3.75. The maximum Gasteiger partial charge on any atom is 0.335 e. The summed E-state index contributed by atoms with van der Waals surface area (Å²) in [6.07, 6.45) is 1.21. The average molecular weight is 203 g/mol. The van der Waals surface area contributed by atoms with Gasteiger partial charge in [0.1, 0.15) is 0 Å². The number of benzene rings is 1. The second-order valence-electron chi connectivity index (χ2n) is 4.57. The predicted molar refractivity (Wildman–Crippen MR) is 56.1 cm³/mol. The Labute approximate surface area is 88.1 Å². The van der Waals surface area contributed by atoms with Crippen LogP contribution < -0.4 is 5.32 Å². The molecule has 1 aliphatic carbocycles. The fourth-order valence-corrected chi connectivity index (χ4v) is 2.75. The lowest BCUT2D eigenvalue weighted by Crippen LogP contribution is -2.19. The summed E-state index contributed by atoms with van der Waals surface area (Å²) in [5.41, 5.74) is 1.85. The molecule has 2 aliphatic rings. The molecule has 2 atom stereocenters. The van der Waals surface area contributed by atoms with Crippen LogP contribution in [0.1, 0.15) is 22.3 Å². The average Bonchev–Trinajstić information content (AvgIpc) is 2.82. The number of piperidine rings is 1. The molecular weight excluding hydrogens is 190 g/mol. The first-order chi connectivity index (χ1) is 7.22. The topological polar surface area (TPSA) is 49.3 Å². The largest absolute Gasteiger partial charge is 0.478 e. The van der Waals surface area contributed by atoms with E-state index < -0.39 is 5.97 Å². The molecule has 78 valence electrons. The van der Waals surface area contributed by atoms with Crippen molar-refractivity contribution in [1.82, 2.24) is 5.32 Å². The van der Waals surface area contributed by atoms with Crippen molar-refractivity contribution in [3.63, 3.8) is 0 Å². The minimum Gasteiger partial charge on any atom is -0.478 e. The van der Waals surface area contributed by atoms with Crippen molar-refractivity contribution in [3.05, 3.63) is 35.4 Å². The van der Waals surface area contributed by atoms with E-state index in [0.29, 0.717) is 5.56 Å². The van der Waals surface area contributed by atoms with Crippen LogP contribution in [0, 0.1) is 5.92 Å². The summed E-state index contributed by atoms with van der Waals surface area (Å²) in [5.74, 6) is -0.113. The lowest BCUT2D eigenvalue weighted by Gasteiger charge is -2.12. The van der Waals surface area contributed by atoms with Gasteiger partial charge in [-0.15, -0.1) is 0 Å². The highest BCUT2D eigenvalue weighted by Gasteiger charge is 2.57. The maximum absolute atomic E-state index is 10.9. The monoisotopic (exact) mass is 203 g/mol. The molecule has 0 amide bonds. The van der Waals surface area contributed by atoms with Crippen LogP contribution in [0.25, 0.3) is 0 Å². The van der Waals surface area contributed by atoms with Crippen LogP contribution in [0.15, 0.2) is 24.3 Å². The van der Waals surface area contributed by atoms with Crippen molar-refractivity contribution in [3.8, 4) is 0 Å². The molecule has 2 N–H and O–H groups in total. The first-order valence-corrected chi connectivity index (χ1v) is 5.27. The van der Waals surface area contributed by atoms with Crippen molar-refractivity contribution in [2.75, 3.05) is 13.1 Å². The van der Waals surface area contributed by atoms with Crippen LogP contribution in [0.2, 0.25) is 0 Å². The molecular formula is C12H13NO2. The van der Waals surface area contributed by atoms with Gasteiger partial charge in [-0.2, -0.15) is 0 Å². The van der Waals surface area contributed by atoms with Crippen LogP contribution in [0.5, 0.6) is 0 Å². The smallest absolute Gasteiger partial charge is 0.335 e. The van der Waals surface area contributed by atoms with Crippen LogP contribution in [-0.2, 0) is 5.41 Å². The summed E-state index contributed by atoms with van der Waals surface area (Å²) in [7, 11) is 0. The summed E-state index contributed by atoms with van der Waals surface area (Å²) in [6, 6.07) is 7.39. The Morgan fingerprint density at radius 3 is 3.00 bits per heavy atom. The number of fused-ring (bicyclic) bond motifs is 1. The van der Waals surface area contributed by atoms with Crippen molar-refractivity contribution in [2.24, 2.45) is 5.92 Å². The van der Waals surface area contributed by atoms with Crippen LogP contribution in [0.3, 0.4) is 0 Å². The Balaban J connectivity index is 1.99. The van der Waals surface area contributed by atoms with Gasteiger partial charge in [0.2, 0.25) is 0 Å². The molecule has 2 unspecified atom stereocenters. The lowest BCUT2D eigenvalue weighted by molar-refractivity contribution is 0.0696. The molecule has 3 nitrogen and oxygen atoms in total. The molecule has 1 heterocycles. The number of hydrogen-bond acceptors (Lipinski definition) is 2. The van der Waals surface area contributed by atoms with Gasteiger partial charge in [0.15, 0.2) is 0 Å². The van der Waals surface area contributed by atoms with E-state index in [1.165, 1.54) is 12.0 Å². The van der Waals surface area contributed by atoms with Gasteiger partial charge in [-0.1, -0.05) is 12.1 Å². The summed E-state index contributed by atoms with van der Waals surface area (Å²) >= 11 is 0. The van der Waals surface area contributed by atoms with Crippen molar-refractivity contribution in [1.29, 1.82) is 0 Å². The van der Waals surface area contributed by atoms with E-state index in [4.69, 9.17) is 5.11 Å². The number of aromatic carboxylic acids is 1. The van der Waals surface area contributed by atoms with Gasteiger partial charge in [-0.05, 0) is 36.6 Å². The van der Waals surface area contributed by atoms with Crippen molar-refractivity contribution >= 4 is 5.97 Å². The molecule has 3 heteroatoms. The molecule has 1 aromatic carbocycles. The Kier molecular flexibility index (Phi) is 1.68. The van der Waals surface area contributed by atoms with Gasteiger partial charge in [0.25, 0.3) is 0 Å². The van der Waals surface area contributed by atoms with E-state index in [0.717, 1.165) is 19.0 Å². The van der Waals surface area contributed by atoms with E-state index in [1.54, 1.807) is 6.07 Å². The van der Waals surface area contributed by atoms with E-state index in [9.17, 15) is 4.79 Å². The highest BCUT2D eigenvalue weighted by Crippen LogP contribution is 2.56. The number of carboxylic acids is 1. The fourth-order valence-electron chi connectivity index (χ4n) is 2.75. The van der Waals surface area contributed by atoms with Gasteiger partial charge in [0.05, 0.1) is 5.56 Å². The zero-order chi connectivity index (χ0) is 10.5.